The minimum Gasteiger partial charge on any atom is -0.192 e. The highest BCUT2D eigenvalue weighted by molar-refractivity contribution is 5.85. The molecule has 0 saturated heterocycles. The molecule has 3 aromatic rings. The van der Waals surface area contributed by atoms with Gasteiger partial charge in [0.2, 0.25) is 0 Å². The molecule has 3 rings (SSSR count). The standard InChI is InChI=1S/C32H4F12N8/c33-29(34,35)25-3-17(27(31(39,40)41)23(11-51)21(25)9-49)19(7-47)15-1-13(5-45)16(2-14(15)6-46)20(8-48)18-4-26(30(36,37)38)22(10-50)24(12-52)28(18)32(42,43)44/h1-4H/b19-15-,20-16-. The fourth-order valence-corrected chi connectivity index (χ4v) is 4.98. The molecule has 0 heterocycles. The van der Waals surface area contributed by atoms with Crippen LogP contribution in [0.1, 0.15) is 66.8 Å². The molecule has 0 aliphatic heterocycles. The van der Waals surface area contributed by atoms with E-state index in [4.69, 9.17) is 0 Å². The molecule has 0 spiro atoms. The second-order valence-electron chi connectivity index (χ2n) is 9.77. The third-order valence-electron chi connectivity index (χ3n) is 6.98. The van der Waals surface area contributed by atoms with Crippen LogP contribution in [0.15, 0.2) is 24.3 Å². The fourth-order valence-electron chi connectivity index (χ4n) is 4.98. The van der Waals surface area contributed by atoms with Crippen molar-refractivity contribution in [3.63, 3.8) is 0 Å². The topological polar surface area (TPSA) is 190 Å². The minimum atomic E-state index is -5.79. The van der Waals surface area contributed by atoms with Crippen molar-refractivity contribution >= 4 is 11.1 Å². The first-order valence-corrected chi connectivity index (χ1v) is 12.9. The summed E-state index contributed by atoms with van der Waals surface area (Å²) in [6.45, 7) is 0. The van der Waals surface area contributed by atoms with E-state index in [9.17, 15) is 94.8 Å². The summed E-state index contributed by atoms with van der Waals surface area (Å²) in [5.41, 5.74) is -25.1. The van der Waals surface area contributed by atoms with Gasteiger partial charge in [0.05, 0.1) is 78.9 Å². The summed E-state index contributed by atoms with van der Waals surface area (Å²) < 4.78 is 169. The molecular weight excluding hydrogens is 724 g/mol. The lowest BCUT2D eigenvalue weighted by molar-refractivity contribution is -0.141. The predicted octanol–water partition coefficient (Wildman–Crippen LogP) is 6.44. The van der Waals surface area contributed by atoms with E-state index in [1.165, 1.54) is 12.1 Å². The van der Waals surface area contributed by atoms with Gasteiger partial charge in [-0.3, -0.25) is 0 Å². The summed E-state index contributed by atoms with van der Waals surface area (Å²) in [6, 6.07) is 7.84. The largest absolute Gasteiger partial charge is 0.418 e. The first-order valence-electron chi connectivity index (χ1n) is 12.9. The highest BCUT2D eigenvalue weighted by Crippen LogP contribution is 2.45. The van der Waals surface area contributed by atoms with Gasteiger partial charge in [0.25, 0.3) is 0 Å². The molecule has 0 aromatic heterocycles. The zero-order chi connectivity index (χ0) is 39.7. The first-order chi connectivity index (χ1) is 24.0. The van der Waals surface area contributed by atoms with Crippen LogP contribution >= 0.6 is 0 Å². The Morgan fingerprint density at radius 3 is 0.865 bits per heavy atom. The van der Waals surface area contributed by atoms with Crippen molar-refractivity contribution < 1.29 is 52.7 Å². The molecule has 8 nitrogen and oxygen atoms in total. The average molecular weight is 728 g/mol. The molecule has 0 amide bonds. The van der Waals surface area contributed by atoms with Crippen LogP contribution in [-0.4, -0.2) is 0 Å². The van der Waals surface area contributed by atoms with E-state index in [1.807, 2.05) is 0 Å². The second kappa shape index (κ2) is 13.4. The molecule has 0 aliphatic rings. The molecule has 0 radical (unpaired) electrons. The number of nitrogens with zero attached hydrogens (tertiary/aromatic N) is 8. The number of alkyl halides is 12. The van der Waals surface area contributed by atoms with Gasteiger partial charge in [-0.25, -0.2) is 0 Å². The number of hydrogen-bond acceptors (Lipinski definition) is 8. The number of hydrogen-bond donors (Lipinski definition) is 0. The summed E-state index contributed by atoms with van der Waals surface area (Å²) in [6.07, 6.45) is -22.9. The molecule has 52 heavy (non-hydrogen) atoms. The van der Waals surface area contributed by atoms with Crippen molar-refractivity contribution in [2.24, 2.45) is 0 Å². The van der Waals surface area contributed by atoms with E-state index in [-0.39, 0.29) is 24.3 Å². The maximum Gasteiger partial charge on any atom is 0.418 e. The molecule has 0 aliphatic carbocycles. The Balaban J connectivity index is 2.84. The number of benzene rings is 3. The smallest absolute Gasteiger partial charge is 0.192 e. The number of halogens is 12. The molecule has 0 bridgehead atoms. The van der Waals surface area contributed by atoms with Crippen LogP contribution in [0, 0.1) is 90.6 Å². The molecule has 20 heteroatoms. The van der Waals surface area contributed by atoms with Crippen molar-refractivity contribution in [3.05, 3.63) is 101 Å². The van der Waals surface area contributed by atoms with E-state index in [0.29, 0.717) is 0 Å². The Morgan fingerprint density at radius 2 is 0.673 bits per heavy atom. The van der Waals surface area contributed by atoms with Crippen molar-refractivity contribution in [1.82, 2.24) is 0 Å². The molecule has 0 unspecified atom stereocenters. The SMILES string of the molecule is N#C/C(c1cc(C(F)(F)F)c(C#N)c(C#N)c1C(F)(F)F)=c1\cc(C#N)/c(=C(/C#N)c2cc(C(F)(F)F)c(C#N)c(C#N)c2C(F)(F)F)cc1C#N. The number of nitriles is 8. The van der Waals surface area contributed by atoms with Crippen LogP contribution in [0.2, 0.25) is 0 Å². The van der Waals surface area contributed by atoms with Gasteiger partial charge in [0.1, 0.15) is 36.4 Å². The van der Waals surface area contributed by atoms with Crippen LogP contribution in [0.25, 0.3) is 11.1 Å². The summed E-state index contributed by atoms with van der Waals surface area (Å²) in [4.78, 5) is 0. The van der Waals surface area contributed by atoms with E-state index in [2.05, 4.69) is 0 Å². The Morgan fingerprint density at radius 1 is 0.385 bits per heavy atom. The number of rotatable bonds is 2. The van der Waals surface area contributed by atoms with E-state index >= 15 is 0 Å². The van der Waals surface area contributed by atoms with E-state index in [1.54, 1.807) is 0 Å². The highest BCUT2D eigenvalue weighted by atomic mass is 19.4. The summed E-state index contributed by atoms with van der Waals surface area (Å²) in [5.74, 6) is 0. The third kappa shape index (κ3) is 6.70. The van der Waals surface area contributed by atoms with E-state index in [0.717, 1.165) is 36.4 Å². The Hall–Kier alpha value is -7.52. The Labute approximate surface area is 280 Å². The van der Waals surface area contributed by atoms with Crippen LogP contribution in [0.3, 0.4) is 0 Å². The van der Waals surface area contributed by atoms with Crippen molar-refractivity contribution in [2.45, 2.75) is 24.7 Å². The lowest BCUT2D eigenvalue weighted by Gasteiger charge is -2.19. The average Bonchev–Trinajstić information content (AvgIpc) is 3.05. The molecule has 0 fully saturated rings. The molecular formula is C32H4F12N8. The minimum absolute atomic E-state index is 0.258. The second-order valence-corrected chi connectivity index (χ2v) is 9.77. The van der Waals surface area contributed by atoms with Gasteiger partial charge in [-0.2, -0.15) is 94.8 Å². The van der Waals surface area contributed by atoms with Crippen molar-refractivity contribution in [3.8, 4) is 48.6 Å². The van der Waals surface area contributed by atoms with Gasteiger partial charge in [0, 0.05) is 21.6 Å². The lowest BCUT2D eigenvalue weighted by atomic mass is 9.86. The summed E-state index contributed by atoms with van der Waals surface area (Å²) >= 11 is 0. The van der Waals surface area contributed by atoms with Crippen LogP contribution in [0.4, 0.5) is 52.7 Å². The van der Waals surface area contributed by atoms with Crippen LogP contribution < -0.4 is 10.4 Å². The quantitative estimate of drug-likeness (QED) is 0.269. The predicted molar refractivity (Wildman–Crippen MR) is 143 cm³/mol. The lowest BCUT2D eigenvalue weighted by Crippen LogP contribution is -2.25. The maximum absolute atomic E-state index is 14.3. The zero-order valence-electron chi connectivity index (χ0n) is 24.4. The third-order valence-corrected chi connectivity index (χ3v) is 6.98. The van der Waals surface area contributed by atoms with Crippen molar-refractivity contribution in [1.29, 1.82) is 42.1 Å². The normalized spacial score (nSPS) is 12.7. The summed E-state index contributed by atoms with van der Waals surface area (Å²) in [7, 11) is 0. The van der Waals surface area contributed by atoms with Gasteiger partial charge < -0.3 is 0 Å². The van der Waals surface area contributed by atoms with Gasteiger partial charge in [0.15, 0.2) is 0 Å². The monoisotopic (exact) mass is 728 g/mol. The van der Waals surface area contributed by atoms with E-state index < -0.39 is 113 Å². The fraction of sp³-hybridized carbons (Fsp3) is 0.125. The maximum atomic E-state index is 14.3. The van der Waals surface area contributed by atoms with Crippen molar-refractivity contribution in [2.75, 3.05) is 0 Å². The first kappa shape index (κ1) is 38.9. The van der Waals surface area contributed by atoms with Gasteiger partial charge in [-0.1, -0.05) is 0 Å². The van der Waals surface area contributed by atoms with Gasteiger partial charge in [-0.15, -0.1) is 0 Å². The molecule has 0 atom stereocenters. The van der Waals surface area contributed by atoms with Gasteiger partial charge >= 0.3 is 24.7 Å². The Bertz CT molecular complexity index is 2370. The van der Waals surface area contributed by atoms with Crippen LogP contribution in [0.5, 0.6) is 0 Å². The molecule has 3 aromatic carbocycles. The Kier molecular flexibility index (Phi) is 10.0. The molecule has 256 valence electrons. The molecule has 0 saturated carbocycles. The van der Waals surface area contributed by atoms with Crippen LogP contribution in [-0.2, 0) is 24.7 Å². The van der Waals surface area contributed by atoms with Gasteiger partial charge in [-0.05, 0) is 24.3 Å². The highest BCUT2D eigenvalue weighted by Gasteiger charge is 2.45. The molecule has 0 N–H and O–H groups in total. The summed E-state index contributed by atoms with van der Waals surface area (Å²) in [5, 5.41) is 74.5. The zero-order valence-corrected chi connectivity index (χ0v) is 24.4.